The summed E-state index contributed by atoms with van der Waals surface area (Å²) in [4.78, 5) is 18.8. The molecule has 0 saturated carbocycles. The standard InChI is InChI=1S/C20H21ClN4O3S3/c1-23-16(15-5-3-2-4-6-15)13-22-20(23)29-14-18(26)24-9-11-25(12-10-24)31(27,28)19-8-7-17(21)30-19/h2-8,13H,9-12,14H2,1H3. The molecule has 0 bridgehead atoms. The molecule has 0 spiro atoms. The number of imidazole rings is 1. The van der Waals surface area contributed by atoms with E-state index in [1.165, 1.54) is 22.1 Å². The molecular weight excluding hydrogens is 476 g/mol. The lowest BCUT2D eigenvalue weighted by atomic mass is 10.2. The Morgan fingerprint density at radius 3 is 2.48 bits per heavy atom. The Morgan fingerprint density at radius 1 is 1.13 bits per heavy atom. The number of carbonyl (C=O) groups excluding carboxylic acids is 1. The number of nitrogens with zero attached hydrogens (tertiary/aromatic N) is 4. The molecule has 1 aliphatic rings. The van der Waals surface area contributed by atoms with Crippen molar-refractivity contribution in [3.63, 3.8) is 0 Å². The fourth-order valence-corrected chi connectivity index (χ4v) is 7.28. The van der Waals surface area contributed by atoms with E-state index in [1.807, 2.05) is 48.1 Å². The number of sulfonamides is 1. The summed E-state index contributed by atoms with van der Waals surface area (Å²) in [6.07, 6.45) is 1.81. The number of hydrogen-bond donors (Lipinski definition) is 0. The van der Waals surface area contributed by atoms with Crippen LogP contribution >= 0.6 is 34.7 Å². The topological polar surface area (TPSA) is 75.5 Å². The highest BCUT2D eigenvalue weighted by atomic mass is 35.5. The first-order valence-corrected chi connectivity index (χ1v) is 13.2. The molecule has 0 atom stereocenters. The minimum atomic E-state index is -3.56. The molecule has 0 aliphatic carbocycles. The molecular formula is C20H21ClN4O3S3. The highest BCUT2D eigenvalue weighted by molar-refractivity contribution is 7.99. The average molecular weight is 497 g/mol. The molecule has 164 valence electrons. The molecule has 0 radical (unpaired) electrons. The summed E-state index contributed by atoms with van der Waals surface area (Å²) in [5.74, 6) is 0.234. The van der Waals surface area contributed by atoms with Gasteiger partial charge in [0.1, 0.15) is 4.21 Å². The fourth-order valence-electron chi connectivity index (χ4n) is 3.36. The zero-order valence-electron chi connectivity index (χ0n) is 16.8. The summed E-state index contributed by atoms with van der Waals surface area (Å²) < 4.78 is 29.5. The van der Waals surface area contributed by atoms with E-state index in [2.05, 4.69) is 4.98 Å². The van der Waals surface area contributed by atoms with Crippen LogP contribution in [0.1, 0.15) is 0 Å². The van der Waals surface area contributed by atoms with Crippen LogP contribution in [0.2, 0.25) is 4.34 Å². The molecule has 3 heterocycles. The van der Waals surface area contributed by atoms with Crippen LogP contribution in [0, 0.1) is 0 Å². The minimum absolute atomic E-state index is 0.0227. The van der Waals surface area contributed by atoms with Gasteiger partial charge in [-0.2, -0.15) is 4.31 Å². The van der Waals surface area contributed by atoms with Crippen molar-refractivity contribution in [1.82, 2.24) is 18.8 Å². The van der Waals surface area contributed by atoms with E-state index in [0.29, 0.717) is 17.4 Å². The van der Waals surface area contributed by atoms with Crippen LogP contribution in [0.15, 0.2) is 58.0 Å². The van der Waals surface area contributed by atoms with Gasteiger partial charge in [-0.05, 0) is 17.7 Å². The number of rotatable bonds is 6. The van der Waals surface area contributed by atoms with E-state index in [1.54, 1.807) is 11.0 Å². The van der Waals surface area contributed by atoms with Crippen LogP contribution in [-0.4, -0.2) is 65.0 Å². The molecule has 7 nitrogen and oxygen atoms in total. The van der Waals surface area contributed by atoms with Crippen LogP contribution in [-0.2, 0) is 21.9 Å². The van der Waals surface area contributed by atoms with E-state index in [0.717, 1.165) is 27.8 Å². The SMILES string of the molecule is Cn1c(-c2ccccc2)cnc1SCC(=O)N1CCN(S(=O)(=O)c2ccc(Cl)s2)CC1. The van der Waals surface area contributed by atoms with Crippen LogP contribution in [0.3, 0.4) is 0 Å². The molecule has 3 aromatic rings. The lowest BCUT2D eigenvalue weighted by molar-refractivity contribution is -0.129. The molecule has 1 saturated heterocycles. The van der Waals surface area contributed by atoms with E-state index in [4.69, 9.17) is 11.6 Å². The van der Waals surface area contributed by atoms with Crippen molar-refractivity contribution in [1.29, 1.82) is 0 Å². The number of carbonyl (C=O) groups is 1. The number of aromatic nitrogens is 2. The van der Waals surface area contributed by atoms with Gasteiger partial charge >= 0.3 is 0 Å². The Kier molecular flexibility index (Phi) is 6.73. The number of amides is 1. The predicted molar refractivity (Wildman–Crippen MR) is 124 cm³/mol. The summed E-state index contributed by atoms with van der Waals surface area (Å²) in [6.45, 7) is 1.28. The van der Waals surface area contributed by atoms with Crippen molar-refractivity contribution < 1.29 is 13.2 Å². The summed E-state index contributed by atoms with van der Waals surface area (Å²) in [5, 5.41) is 0.767. The number of halogens is 1. The largest absolute Gasteiger partial charge is 0.339 e. The van der Waals surface area contributed by atoms with Gasteiger partial charge in [-0.3, -0.25) is 4.79 Å². The zero-order valence-corrected chi connectivity index (χ0v) is 20.0. The Hall–Kier alpha value is -1.85. The third kappa shape index (κ3) is 4.83. The zero-order chi connectivity index (χ0) is 22.0. The smallest absolute Gasteiger partial charge is 0.252 e. The Morgan fingerprint density at radius 2 is 1.84 bits per heavy atom. The van der Waals surface area contributed by atoms with Gasteiger partial charge in [-0.25, -0.2) is 13.4 Å². The second kappa shape index (κ2) is 9.33. The van der Waals surface area contributed by atoms with Gasteiger partial charge in [0.05, 0.1) is 22.0 Å². The van der Waals surface area contributed by atoms with Gasteiger partial charge in [-0.15, -0.1) is 11.3 Å². The van der Waals surface area contributed by atoms with Crippen molar-refractivity contribution in [2.75, 3.05) is 31.9 Å². The van der Waals surface area contributed by atoms with Crippen LogP contribution in [0.25, 0.3) is 11.3 Å². The van der Waals surface area contributed by atoms with Crippen LogP contribution in [0.4, 0.5) is 0 Å². The van der Waals surface area contributed by atoms with Gasteiger partial charge in [0.15, 0.2) is 5.16 Å². The molecule has 1 fully saturated rings. The normalized spacial score (nSPS) is 15.4. The van der Waals surface area contributed by atoms with E-state index < -0.39 is 10.0 Å². The quantitative estimate of drug-likeness (QED) is 0.489. The van der Waals surface area contributed by atoms with Crippen molar-refractivity contribution in [3.05, 3.63) is 53.0 Å². The first-order chi connectivity index (χ1) is 14.9. The number of benzene rings is 1. The van der Waals surface area contributed by atoms with Crippen molar-refractivity contribution in [3.8, 4) is 11.3 Å². The maximum Gasteiger partial charge on any atom is 0.252 e. The van der Waals surface area contributed by atoms with Gasteiger partial charge < -0.3 is 9.47 Å². The Bertz CT molecular complexity index is 1170. The highest BCUT2D eigenvalue weighted by Crippen LogP contribution is 2.29. The lowest BCUT2D eigenvalue weighted by Crippen LogP contribution is -2.50. The molecule has 1 aromatic carbocycles. The average Bonchev–Trinajstić information content (AvgIpc) is 3.39. The Labute approximate surface area is 194 Å². The third-order valence-electron chi connectivity index (χ3n) is 5.07. The first kappa shape index (κ1) is 22.3. The summed E-state index contributed by atoms with van der Waals surface area (Å²) >= 11 is 8.31. The van der Waals surface area contributed by atoms with Gasteiger partial charge in [-0.1, -0.05) is 53.7 Å². The Balaban J connectivity index is 1.32. The molecule has 4 rings (SSSR count). The number of thiophene rings is 1. The lowest BCUT2D eigenvalue weighted by Gasteiger charge is -2.33. The third-order valence-corrected chi connectivity index (χ3v) is 9.70. The predicted octanol–water partition coefficient (Wildman–Crippen LogP) is 3.43. The second-order valence-electron chi connectivity index (χ2n) is 6.98. The van der Waals surface area contributed by atoms with Gasteiger partial charge in [0, 0.05) is 33.2 Å². The number of hydrogen-bond acceptors (Lipinski definition) is 6. The molecule has 31 heavy (non-hydrogen) atoms. The maximum absolute atomic E-state index is 12.7. The second-order valence-corrected chi connectivity index (χ2v) is 11.8. The van der Waals surface area contributed by atoms with E-state index in [9.17, 15) is 13.2 Å². The molecule has 2 aromatic heterocycles. The van der Waals surface area contributed by atoms with E-state index >= 15 is 0 Å². The van der Waals surface area contributed by atoms with Gasteiger partial charge in [0.2, 0.25) is 5.91 Å². The van der Waals surface area contributed by atoms with E-state index in [-0.39, 0.29) is 29.0 Å². The fraction of sp³-hybridized carbons (Fsp3) is 0.300. The van der Waals surface area contributed by atoms with Gasteiger partial charge in [0.25, 0.3) is 10.0 Å². The molecule has 0 unspecified atom stereocenters. The van der Waals surface area contributed by atoms with Crippen molar-refractivity contribution in [2.24, 2.45) is 7.05 Å². The molecule has 0 N–H and O–H groups in total. The van der Waals surface area contributed by atoms with Crippen molar-refractivity contribution >= 4 is 50.6 Å². The molecule has 1 aliphatic heterocycles. The summed E-state index contributed by atoms with van der Waals surface area (Å²) in [7, 11) is -1.63. The monoisotopic (exact) mass is 496 g/mol. The number of thioether (sulfide) groups is 1. The highest BCUT2D eigenvalue weighted by Gasteiger charge is 2.31. The molecule has 1 amide bonds. The minimum Gasteiger partial charge on any atom is -0.339 e. The van der Waals surface area contributed by atoms with Crippen molar-refractivity contribution in [2.45, 2.75) is 9.37 Å². The summed E-state index contributed by atoms with van der Waals surface area (Å²) in [6, 6.07) is 13.1. The van der Waals surface area contributed by atoms with Crippen LogP contribution < -0.4 is 0 Å². The maximum atomic E-state index is 12.7. The first-order valence-electron chi connectivity index (χ1n) is 9.59. The van der Waals surface area contributed by atoms with Crippen LogP contribution in [0.5, 0.6) is 0 Å². The molecule has 11 heteroatoms. The summed E-state index contributed by atoms with van der Waals surface area (Å²) in [5.41, 5.74) is 2.06. The number of piperazine rings is 1.